The Hall–Kier alpha value is -2.18. The molecule has 23 heavy (non-hydrogen) atoms. The van der Waals surface area contributed by atoms with E-state index in [0.29, 0.717) is 5.65 Å². The second-order valence-corrected chi connectivity index (χ2v) is 5.66. The fourth-order valence-corrected chi connectivity index (χ4v) is 3.20. The molecule has 1 atom stereocenters. The molecule has 0 saturated carbocycles. The third-order valence-corrected chi connectivity index (χ3v) is 4.28. The van der Waals surface area contributed by atoms with Crippen LogP contribution in [0.4, 0.5) is 0 Å². The number of benzene rings is 1. The van der Waals surface area contributed by atoms with Crippen LogP contribution in [0.2, 0.25) is 0 Å². The molecule has 1 unspecified atom stereocenters. The maximum atomic E-state index is 12.3. The molecule has 2 aromatic heterocycles. The van der Waals surface area contributed by atoms with Crippen LogP contribution in [0.5, 0.6) is 0 Å². The van der Waals surface area contributed by atoms with Gasteiger partial charge in [-0.3, -0.25) is 9.20 Å². The summed E-state index contributed by atoms with van der Waals surface area (Å²) in [5.74, 6) is 0.808. The number of hydrogen-bond donors (Lipinski definition) is 2. The van der Waals surface area contributed by atoms with Crippen molar-refractivity contribution in [3.8, 4) is 11.3 Å². The van der Waals surface area contributed by atoms with Crippen LogP contribution in [0.3, 0.4) is 0 Å². The molecule has 2 heterocycles. The zero-order chi connectivity index (χ0) is 15.3. The van der Waals surface area contributed by atoms with E-state index in [1.807, 2.05) is 28.7 Å². The first-order chi connectivity index (χ1) is 10.7. The van der Waals surface area contributed by atoms with E-state index in [4.69, 9.17) is 5.73 Å². The van der Waals surface area contributed by atoms with Crippen molar-refractivity contribution >= 4 is 18.1 Å². The van der Waals surface area contributed by atoms with Crippen molar-refractivity contribution in [1.82, 2.24) is 19.6 Å². The van der Waals surface area contributed by atoms with Gasteiger partial charge in [-0.25, -0.2) is 0 Å². The third-order valence-electron chi connectivity index (χ3n) is 4.28. The fraction of sp³-hybridized carbons (Fsp3) is 0.312. The van der Waals surface area contributed by atoms with Crippen molar-refractivity contribution in [3.05, 3.63) is 51.7 Å². The van der Waals surface area contributed by atoms with E-state index in [1.54, 1.807) is 0 Å². The van der Waals surface area contributed by atoms with Gasteiger partial charge in [0.05, 0.1) is 17.4 Å². The van der Waals surface area contributed by atoms with E-state index < -0.39 is 0 Å². The second kappa shape index (κ2) is 5.79. The molecule has 1 aromatic carbocycles. The number of nitrogens with one attached hydrogen (secondary N) is 1. The first-order valence-corrected chi connectivity index (χ1v) is 7.57. The van der Waals surface area contributed by atoms with E-state index in [9.17, 15) is 4.79 Å². The van der Waals surface area contributed by atoms with Gasteiger partial charge in [0.15, 0.2) is 0 Å². The number of H-pyrrole nitrogens is 1. The van der Waals surface area contributed by atoms with Gasteiger partial charge in [0.25, 0.3) is 5.56 Å². The lowest BCUT2D eigenvalue weighted by Crippen LogP contribution is -2.19. The molecule has 7 heteroatoms. The Morgan fingerprint density at radius 1 is 1.30 bits per heavy atom. The molecule has 0 bridgehead atoms. The highest BCUT2D eigenvalue weighted by molar-refractivity contribution is 5.85. The van der Waals surface area contributed by atoms with Gasteiger partial charge in [0, 0.05) is 12.0 Å². The van der Waals surface area contributed by atoms with Crippen LogP contribution in [-0.2, 0) is 6.42 Å². The lowest BCUT2D eigenvalue weighted by atomic mass is 10.1. The summed E-state index contributed by atoms with van der Waals surface area (Å²) < 4.78 is 1.86. The summed E-state index contributed by atoms with van der Waals surface area (Å²) in [6.45, 7) is 2.13. The van der Waals surface area contributed by atoms with Gasteiger partial charge in [-0.1, -0.05) is 37.6 Å². The highest BCUT2D eigenvalue weighted by Crippen LogP contribution is 2.40. The molecule has 0 saturated heterocycles. The molecule has 4 rings (SSSR count). The summed E-state index contributed by atoms with van der Waals surface area (Å²) in [5, 5.41) is 8.27. The minimum absolute atomic E-state index is 0. The Morgan fingerprint density at radius 2 is 2.09 bits per heavy atom. The molecule has 0 aliphatic heterocycles. The van der Waals surface area contributed by atoms with E-state index in [1.165, 1.54) is 0 Å². The number of halogens is 1. The number of aromatic amines is 1. The molecule has 3 N–H and O–H groups in total. The van der Waals surface area contributed by atoms with Gasteiger partial charge in [-0.2, -0.15) is 0 Å². The normalized spacial score (nSPS) is 15.3. The number of aromatic nitrogens is 4. The summed E-state index contributed by atoms with van der Waals surface area (Å²) in [5.41, 5.74) is 10.2. The molecule has 0 fully saturated rings. The van der Waals surface area contributed by atoms with Crippen LogP contribution in [0.25, 0.3) is 16.9 Å². The molecule has 0 spiro atoms. The lowest BCUT2D eigenvalue weighted by Gasteiger charge is -2.10. The molecular weight excluding hydrogens is 314 g/mol. The molecule has 3 aromatic rings. The summed E-state index contributed by atoms with van der Waals surface area (Å²) in [6, 6.07) is 7.62. The maximum absolute atomic E-state index is 12.3. The first kappa shape index (κ1) is 15.7. The van der Waals surface area contributed by atoms with E-state index >= 15 is 0 Å². The fourth-order valence-electron chi connectivity index (χ4n) is 3.20. The van der Waals surface area contributed by atoms with Crippen molar-refractivity contribution in [2.75, 3.05) is 0 Å². The Balaban J connectivity index is 0.00000156. The standard InChI is InChI=1S/C16H17N5O.ClH/c1-2-3-8-11-19-20-15-16(22)18-13-10-7-5-4-6-9(10)12(17)14(13)21(11)15;/h4-7,12H,2-3,8,17H2,1H3,(H,18,22);1H. The molecule has 1 aliphatic rings. The van der Waals surface area contributed by atoms with Crippen LogP contribution in [0.15, 0.2) is 29.1 Å². The predicted molar refractivity (Wildman–Crippen MR) is 90.9 cm³/mol. The minimum Gasteiger partial charge on any atom is -0.319 e. The molecule has 1 aliphatic carbocycles. The van der Waals surface area contributed by atoms with Gasteiger partial charge in [-0.15, -0.1) is 22.6 Å². The SMILES string of the molecule is CCCCc1nnc2c(=O)[nH]c3c(n12)C(N)c1ccccc1-3.Cl. The Morgan fingerprint density at radius 3 is 2.87 bits per heavy atom. The van der Waals surface area contributed by atoms with Crippen molar-refractivity contribution in [1.29, 1.82) is 0 Å². The summed E-state index contributed by atoms with van der Waals surface area (Å²) in [4.78, 5) is 15.3. The average Bonchev–Trinajstić information content (AvgIpc) is 3.07. The molecule has 0 radical (unpaired) electrons. The highest BCUT2D eigenvalue weighted by Gasteiger charge is 2.31. The van der Waals surface area contributed by atoms with Crippen LogP contribution >= 0.6 is 12.4 Å². The smallest absolute Gasteiger partial charge is 0.294 e. The van der Waals surface area contributed by atoms with E-state index in [-0.39, 0.29) is 24.0 Å². The topological polar surface area (TPSA) is 89.1 Å². The zero-order valence-electron chi connectivity index (χ0n) is 12.7. The number of fused-ring (bicyclic) bond motifs is 5. The highest BCUT2D eigenvalue weighted by atomic mass is 35.5. The average molecular weight is 332 g/mol. The van der Waals surface area contributed by atoms with Crippen molar-refractivity contribution in [2.45, 2.75) is 32.2 Å². The van der Waals surface area contributed by atoms with Gasteiger partial charge < -0.3 is 10.7 Å². The number of rotatable bonds is 3. The first-order valence-electron chi connectivity index (χ1n) is 7.57. The van der Waals surface area contributed by atoms with Gasteiger partial charge >= 0.3 is 0 Å². The predicted octanol–water partition coefficient (Wildman–Crippen LogP) is 2.21. The van der Waals surface area contributed by atoms with Crippen molar-refractivity contribution in [2.24, 2.45) is 5.73 Å². The Labute approximate surface area is 139 Å². The molecule has 0 amide bonds. The number of unbranched alkanes of at least 4 members (excludes halogenated alkanes) is 1. The zero-order valence-corrected chi connectivity index (χ0v) is 13.6. The Kier molecular flexibility index (Phi) is 3.95. The largest absolute Gasteiger partial charge is 0.319 e. The maximum Gasteiger partial charge on any atom is 0.294 e. The minimum atomic E-state index is -0.276. The number of nitrogens with zero attached hydrogens (tertiary/aromatic N) is 3. The van der Waals surface area contributed by atoms with Crippen molar-refractivity contribution in [3.63, 3.8) is 0 Å². The Bertz CT molecular complexity index is 930. The lowest BCUT2D eigenvalue weighted by molar-refractivity contribution is 0.723. The van der Waals surface area contributed by atoms with Crippen LogP contribution < -0.4 is 11.3 Å². The molecular formula is C16H18ClN5O. The second-order valence-electron chi connectivity index (χ2n) is 5.66. The monoisotopic (exact) mass is 331 g/mol. The van der Waals surface area contributed by atoms with Crippen LogP contribution in [-0.4, -0.2) is 19.6 Å². The number of hydrogen-bond acceptors (Lipinski definition) is 4. The van der Waals surface area contributed by atoms with Crippen molar-refractivity contribution < 1.29 is 0 Å². The third kappa shape index (κ3) is 2.17. The summed E-state index contributed by atoms with van der Waals surface area (Å²) in [7, 11) is 0. The van der Waals surface area contributed by atoms with Gasteiger partial charge in [0.1, 0.15) is 5.82 Å². The molecule has 6 nitrogen and oxygen atoms in total. The van der Waals surface area contributed by atoms with Crippen LogP contribution in [0.1, 0.15) is 42.9 Å². The van der Waals surface area contributed by atoms with E-state index in [0.717, 1.165) is 47.6 Å². The van der Waals surface area contributed by atoms with E-state index in [2.05, 4.69) is 22.1 Å². The van der Waals surface area contributed by atoms with Gasteiger partial charge in [0.2, 0.25) is 5.65 Å². The quantitative estimate of drug-likeness (QED) is 0.770. The summed E-state index contributed by atoms with van der Waals surface area (Å²) in [6.07, 6.45) is 2.85. The number of nitrogens with two attached hydrogens (primary N) is 1. The van der Waals surface area contributed by atoms with Crippen LogP contribution in [0, 0.1) is 0 Å². The summed E-state index contributed by atoms with van der Waals surface area (Å²) >= 11 is 0. The van der Waals surface area contributed by atoms with Gasteiger partial charge in [-0.05, 0) is 12.0 Å². The molecule has 120 valence electrons. The number of aryl methyl sites for hydroxylation is 1.